The van der Waals surface area contributed by atoms with Gasteiger partial charge in [0.05, 0.1) is 11.3 Å². The first-order valence-electron chi connectivity index (χ1n) is 8.14. The molecule has 1 aromatic carbocycles. The molecule has 3 rings (SSSR count). The van der Waals surface area contributed by atoms with Crippen LogP contribution in [0.15, 0.2) is 18.2 Å². The van der Waals surface area contributed by atoms with Crippen LogP contribution in [0.1, 0.15) is 0 Å². The van der Waals surface area contributed by atoms with Gasteiger partial charge >= 0.3 is 0 Å². The zero-order valence-corrected chi connectivity index (χ0v) is 15.9. The largest absolute Gasteiger partial charge is 0.368 e. The highest BCUT2D eigenvalue weighted by atomic mass is 35.5. The molecule has 2 aromatic rings. The summed E-state index contributed by atoms with van der Waals surface area (Å²) >= 11 is 6.11. The van der Waals surface area contributed by atoms with Crippen molar-refractivity contribution in [3.8, 4) is 0 Å². The van der Waals surface area contributed by atoms with Crippen molar-refractivity contribution in [1.29, 1.82) is 0 Å². The molecule has 0 unspecified atom stereocenters. The minimum absolute atomic E-state index is 0.0445. The number of hydrogen-bond donors (Lipinski definition) is 1. The maximum atomic E-state index is 11.4. The fourth-order valence-electron chi connectivity index (χ4n) is 2.73. The number of benzene rings is 1. The second-order valence-corrected chi connectivity index (χ2v) is 9.08. The van der Waals surface area contributed by atoms with Gasteiger partial charge in [-0.1, -0.05) is 11.6 Å². The Labute approximate surface area is 152 Å². The highest BCUT2D eigenvalue weighted by Crippen LogP contribution is 2.26. The predicted octanol–water partition coefficient (Wildman–Crippen LogP) is 1.49. The highest BCUT2D eigenvalue weighted by Gasteiger charge is 2.18. The molecule has 0 amide bonds. The summed E-state index contributed by atoms with van der Waals surface area (Å²) in [5, 5.41) is 4.52. The Morgan fingerprint density at radius 1 is 1.20 bits per heavy atom. The lowest BCUT2D eigenvalue weighted by atomic mass is 10.2. The maximum Gasteiger partial charge on any atom is 0.227 e. The minimum Gasteiger partial charge on any atom is -0.368 e. The van der Waals surface area contributed by atoms with E-state index in [0.717, 1.165) is 37.1 Å². The molecule has 2 heterocycles. The minimum atomic E-state index is -3.04. The van der Waals surface area contributed by atoms with E-state index >= 15 is 0 Å². The van der Waals surface area contributed by atoms with Crippen LogP contribution in [0.4, 0.5) is 11.8 Å². The number of likely N-dealkylation sites (N-methyl/N-ethyl adjacent to an activating group) is 1. The third-order valence-electron chi connectivity index (χ3n) is 4.20. The Balaban J connectivity index is 1.92. The summed E-state index contributed by atoms with van der Waals surface area (Å²) in [6, 6.07) is 5.46. The molecule has 1 N–H and O–H groups in total. The summed E-state index contributed by atoms with van der Waals surface area (Å²) in [7, 11) is -0.944. The van der Waals surface area contributed by atoms with Gasteiger partial charge in [0, 0.05) is 49.4 Å². The molecule has 0 atom stereocenters. The molecule has 0 saturated carbocycles. The molecular weight excluding hydrogens is 362 g/mol. The molecule has 1 aliphatic heterocycles. The predicted molar refractivity (Wildman–Crippen MR) is 102 cm³/mol. The molecule has 1 saturated heterocycles. The summed E-state index contributed by atoms with van der Waals surface area (Å²) in [5.41, 5.74) is 0.787. The van der Waals surface area contributed by atoms with Gasteiger partial charge in [-0.2, -0.15) is 4.98 Å². The molecule has 0 bridgehead atoms. The van der Waals surface area contributed by atoms with Crippen LogP contribution >= 0.6 is 11.6 Å². The van der Waals surface area contributed by atoms with E-state index in [9.17, 15) is 8.42 Å². The second-order valence-electron chi connectivity index (χ2n) is 6.38. The van der Waals surface area contributed by atoms with E-state index in [4.69, 9.17) is 11.6 Å². The number of hydrogen-bond acceptors (Lipinski definition) is 7. The Kier molecular flexibility index (Phi) is 5.31. The topological polar surface area (TPSA) is 78.4 Å². The van der Waals surface area contributed by atoms with Crippen LogP contribution in [0, 0.1) is 0 Å². The molecule has 1 aromatic heterocycles. The highest BCUT2D eigenvalue weighted by molar-refractivity contribution is 7.90. The lowest BCUT2D eigenvalue weighted by molar-refractivity contribution is 0.311. The maximum absolute atomic E-state index is 11.4. The number of sulfone groups is 1. The molecule has 0 radical (unpaired) electrons. The van der Waals surface area contributed by atoms with E-state index in [1.165, 1.54) is 6.26 Å². The van der Waals surface area contributed by atoms with Crippen molar-refractivity contribution < 1.29 is 8.42 Å². The van der Waals surface area contributed by atoms with Crippen LogP contribution in [0.5, 0.6) is 0 Å². The van der Waals surface area contributed by atoms with Crippen LogP contribution < -0.4 is 10.2 Å². The fraction of sp³-hybridized carbons (Fsp3) is 0.500. The normalized spacial score (nSPS) is 16.4. The van der Waals surface area contributed by atoms with Crippen molar-refractivity contribution in [3.63, 3.8) is 0 Å². The number of fused-ring (bicyclic) bond motifs is 1. The second kappa shape index (κ2) is 7.31. The fourth-order valence-corrected chi connectivity index (χ4v) is 3.37. The van der Waals surface area contributed by atoms with Gasteiger partial charge in [0.25, 0.3) is 0 Å². The van der Waals surface area contributed by atoms with Gasteiger partial charge in [-0.3, -0.25) is 0 Å². The monoisotopic (exact) mass is 383 g/mol. The first-order valence-corrected chi connectivity index (χ1v) is 10.6. The Hall–Kier alpha value is -1.64. The molecule has 136 valence electrons. The van der Waals surface area contributed by atoms with E-state index < -0.39 is 9.84 Å². The SMILES string of the molecule is CN1CCN(c2nc(NCCS(C)(=O)=O)c3cc(Cl)ccc3n2)CC1. The summed E-state index contributed by atoms with van der Waals surface area (Å²) < 4.78 is 22.8. The first kappa shape index (κ1) is 18.2. The van der Waals surface area contributed by atoms with E-state index in [2.05, 4.69) is 32.1 Å². The zero-order valence-electron chi connectivity index (χ0n) is 14.4. The van der Waals surface area contributed by atoms with Gasteiger partial charge in [-0.25, -0.2) is 13.4 Å². The molecule has 1 aliphatic rings. The van der Waals surface area contributed by atoms with Crippen molar-refractivity contribution in [3.05, 3.63) is 23.2 Å². The van der Waals surface area contributed by atoms with Crippen molar-refractivity contribution in [2.45, 2.75) is 0 Å². The Morgan fingerprint density at radius 2 is 1.92 bits per heavy atom. The molecule has 9 heteroatoms. The van der Waals surface area contributed by atoms with Gasteiger partial charge < -0.3 is 15.1 Å². The summed E-state index contributed by atoms with van der Waals surface area (Å²) in [6.45, 7) is 3.92. The quantitative estimate of drug-likeness (QED) is 0.837. The Morgan fingerprint density at radius 3 is 2.60 bits per heavy atom. The summed E-state index contributed by atoms with van der Waals surface area (Å²) in [4.78, 5) is 13.7. The van der Waals surface area contributed by atoms with E-state index in [0.29, 0.717) is 23.3 Å². The smallest absolute Gasteiger partial charge is 0.227 e. The standard InChI is InChI=1S/C16H22ClN5O2S/c1-21-6-8-22(9-7-21)16-19-14-4-3-12(17)11-13(14)15(20-16)18-5-10-25(2,23)24/h3-4,11H,5-10H2,1-2H3,(H,18,19,20). The molecule has 7 nitrogen and oxygen atoms in total. The first-order chi connectivity index (χ1) is 11.8. The van der Waals surface area contributed by atoms with Crippen molar-refractivity contribution in [2.75, 3.05) is 62.0 Å². The van der Waals surface area contributed by atoms with E-state index in [-0.39, 0.29) is 5.75 Å². The van der Waals surface area contributed by atoms with Crippen LogP contribution in [-0.2, 0) is 9.84 Å². The summed E-state index contributed by atoms with van der Waals surface area (Å²) in [6.07, 6.45) is 1.22. The van der Waals surface area contributed by atoms with E-state index in [1.54, 1.807) is 12.1 Å². The Bertz CT molecular complexity index is 866. The molecule has 0 aliphatic carbocycles. The van der Waals surface area contributed by atoms with Crippen LogP contribution in [0.25, 0.3) is 10.9 Å². The number of halogens is 1. The lowest BCUT2D eigenvalue weighted by Crippen LogP contribution is -2.45. The van der Waals surface area contributed by atoms with Crippen LogP contribution in [0.3, 0.4) is 0 Å². The van der Waals surface area contributed by atoms with Crippen molar-refractivity contribution in [1.82, 2.24) is 14.9 Å². The third-order valence-corrected chi connectivity index (χ3v) is 5.38. The van der Waals surface area contributed by atoms with Gasteiger partial charge in [0.2, 0.25) is 5.95 Å². The number of anilines is 2. The van der Waals surface area contributed by atoms with Gasteiger partial charge in [0.1, 0.15) is 15.7 Å². The average molecular weight is 384 g/mol. The van der Waals surface area contributed by atoms with E-state index in [1.807, 2.05) is 6.07 Å². The molecule has 25 heavy (non-hydrogen) atoms. The van der Waals surface area contributed by atoms with Gasteiger partial charge in [-0.15, -0.1) is 0 Å². The van der Waals surface area contributed by atoms with Gasteiger partial charge in [0.15, 0.2) is 0 Å². The van der Waals surface area contributed by atoms with Crippen molar-refractivity contribution in [2.24, 2.45) is 0 Å². The number of nitrogens with one attached hydrogen (secondary N) is 1. The number of rotatable bonds is 5. The van der Waals surface area contributed by atoms with Gasteiger partial charge in [-0.05, 0) is 25.2 Å². The van der Waals surface area contributed by atoms with Crippen molar-refractivity contribution >= 4 is 44.1 Å². The lowest BCUT2D eigenvalue weighted by Gasteiger charge is -2.32. The van der Waals surface area contributed by atoms with Crippen LogP contribution in [-0.4, -0.2) is 75.1 Å². The zero-order chi connectivity index (χ0) is 18.0. The molecule has 1 fully saturated rings. The number of nitrogens with zero attached hydrogens (tertiary/aromatic N) is 4. The summed E-state index contributed by atoms with van der Waals surface area (Å²) in [5.74, 6) is 1.32. The molecular formula is C16H22ClN5O2S. The average Bonchev–Trinajstić information content (AvgIpc) is 2.54. The van der Waals surface area contributed by atoms with Crippen LogP contribution in [0.2, 0.25) is 5.02 Å². The third kappa shape index (κ3) is 4.71. The molecule has 0 spiro atoms. The number of piperazine rings is 1. The number of aromatic nitrogens is 2.